The summed E-state index contributed by atoms with van der Waals surface area (Å²) in [5, 5.41) is 3.41. The molecule has 1 aromatic heterocycles. The van der Waals surface area contributed by atoms with Crippen molar-refractivity contribution in [3.63, 3.8) is 0 Å². The van der Waals surface area contributed by atoms with Gasteiger partial charge in [-0.1, -0.05) is 26.2 Å². The Morgan fingerprint density at radius 3 is 2.17 bits per heavy atom. The fraction of sp³-hybridized carbons (Fsp3) is 0.733. The van der Waals surface area contributed by atoms with Gasteiger partial charge in [-0.3, -0.25) is 0 Å². The second-order valence-electron chi connectivity index (χ2n) is 5.65. The average Bonchev–Trinajstić information content (AvgIpc) is 2.36. The summed E-state index contributed by atoms with van der Waals surface area (Å²) in [5.74, 6) is 2.57. The van der Waals surface area contributed by atoms with Crippen molar-refractivity contribution in [2.75, 3.05) is 11.9 Å². The zero-order chi connectivity index (χ0) is 13.0. The van der Waals surface area contributed by atoms with Gasteiger partial charge in [-0.15, -0.1) is 0 Å². The normalized spacial score (nSPS) is 23.9. The van der Waals surface area contributed by atoms with Gasteiger partial charge < -0.3 is 5.32 Å². The molecule has 0 amide bonds. The van der Waals surface area contributed by atoms with Gasteiger partial charge in [-0.25, -0.2) is 9.97 Å². The Morgan fingerprint density at radius 2 is 1.61 bits per heavy atom. The molecule has 100 valence electrons. The predicted octanol–water partition coefficient (Wildman–Crippen LogP) is 3.72. The van der Waals surface area contributed by atoms with E-state index in [0.29, 0.717) is 0 Å². The molecule has 0 bridgehead atoms. The van der Waals surface area contributed by atoms with Crippen molar-refractivity contribution in [1.29, 1.82) is 0 Å². The lowest BCUT2D eigenvalue weighted by atomic mass is 9.81. The van der Waals surface area contributed by atoms with E-state index < -0.39 is 0 Å². The highest BCUT2D eigenvalue weighted by Gasteiger charge is 2.19. The van der Waals surface area contributed by atoms with Crippen LogP contribution in [0.4, 0.5) is 5.95 Å². The highest BCUT2D eigenvalue weighted by atomic mass is 15.1. The molecule has 1 N–H and O–H groups in total. The van der Waals surface area contributed by atoms with Gasteiger partial charge in [0.15, 0.2) is 0 Å². The molecule has 0 saturated heterocycles. The molecule has 3 nitrogen and oxygen atoms in total. The summed E-state index contributed by atoms with van der Waals surface area (Å²) in [6.07, 6.45) is 6.86. The van der Waals surface area contributed by atoms with Crippen LogP contribution in [0.15, 0.2) is 6.07 Å². The molecule has 0 radical (unpaired) electrons. The number of nitrogens with zero attached hydrogens (tertiary/aromatic N) is 2. The predicted molar refractivity (Wildman–Crippen MR) is 75.7 cm³/mol. The molecule has 0 spiro atoms. The van der Waals surface area contributed by atoms with Crippen LogP contribution in [0.5, 0.6) is 0 Å². The van der Waals surface area contributed by atoms with E-state index in [0.717, 1.165) is 35.7 Å². The number of aryl methyl sites for hydroxylation is 2. The van der Waals surface area contributed by atoms with Crippen LogP contribution in [0, 0.1) is 25.7 Å². The topological polar surface area (TPSA) is 37.8 Å². The van der Waals surface area contributed by atoms with E-state index in [-0.39, 0.29) is 0 Å². The van der Waals surface area contributed by atoms with Crippen LogP contribution in [-0.2, 0) is 0 Å². The van der Waals surface area contributed by atoms with Gasteiger partial charge in [0.05, 0.1) is 0 Å². The van der Waals surface area contributed by atoms with Crippen molar-refractivity contribution in [3.8, 4) is 0 Å². The first-order valence-electron chi connectivity index (χ1n) is 7.23. The number of hydrogen-bond acceptors (Lipinski definition) is 3. The van der Waals surface area contributed by atoms with Crippen LogP contribution in [-0.4, -0.2) is 16.5 Å². The first-order chi connectivity index (χ1) is 8.67. The molecular weight excluding hydrogens is 222 g/mol. The minimum Gasteiger partial charge on any atom is -0.354 e. The van der Waals surface area contributed by atoms with Gasteiger partial charge in [0.25, 0.3) is 0 Å². The standard InChI is InChI=1S/C15H25N3/c1-4-13-5-7-14(8-6-13)10-16-15-17-11(2)9-12(3)18-15/h9,13-14H,4-8,10H2,1-3H3,(H,16,17,18). The summed E-state index contributed by atoms with van der Waals surface area (Å²) in [6, 6.07) is 2.01. The van der Waals surface area contributed by atoms with E-state index in [2.05, 4.69) is 22.2 Å². The van der Waals surface area contributed by atoms with Crippen molar-refractivity contribution in [2.24, 2.45) is 11.8 Å². The van der Waals surface area contributed by atoms with E-state index in [4.69, 9.17) is 0 Å². The van der Waals surface area contributed by atoms with Crippen molar-refractivity contribution in [1.82, 2.24) is 9.97 Å². The molecule has 0 atom stereocenters. The van der Waals surface area contributed by atoms with Crippen LogP contribution in [0.25, 0.3) is 0 Å². The molecule has 0 aromatic carbocycles. The van der Waals surface area contributed by atoms with Gasteiger partial charge in [0.1, 0.15) is 0 Å². The second kappa shape index (κ2) is 6.17. The van der Waals surface area contributed by atoms with E-state index in [1.165, 1.54) is 32.1 Å². The molecule has 3 heteroatoms. The monoisotopic (exact) mass is 247 g/mol. The number of rotatable bonds is 4. The van der Waals surface area contributed by atoms with Gasteiger partial charge >= 0.3 is 0 Å². The fourth-order valence-electron chi connectivity index (χ4n) is 2.88. The summed E-state index contributed by atoms with van der Waals surface area (Å²) < 4.78 is 0. The smallest absolute Gasteiger partial charge is 0.223 e. The Labute approximate surface area is 110 Å². The third-order valence-corrected chi connectivity index (χ3v) is 4.07. The molecule has 1 aliphatic rings. The third kappa shape index (κ3) is 3.69. The zero-order valence-corrected chi connectivity index (χ0v) is 11.9. The first-order valence-corrected chi connectivity index (χ1v) is 7.23. The summed E-state index contributed by atoms with van der Waals surface area (Å²) in [5.41, 5.74) is 2.08. The Morgan fingerprint density at radius 1 is 1.06 bits per heavy atom. The first kappa shape index (κ1) is 13.3. The number of hydrogen-bond donors (Lipinski definition) is 1. The quantitative estimate of drug-likeness (QED) is 0.881. The maximum Gasteiger partial charge on any atom is 0.223 e. The van der Waals surface area contributed by atoms with Crippen LogP contribution in [0.3, 0.4) is 0 Å². The van der Waals surface area contributed by atoms with Crippen molar-refractivity contribution >= 4 is 5.95 Å². The van der Waals surface area contributed by atoms with E-state index in [1.54, 1.807) is 0 Å². The minimum atomic E-state index is 0.796. The molecule has 2 rings (SSSR count). The summed E-state index contributed by atoms with van der Waals surface area (Å²) >= 11 is 0. The number of nitrogens with one attached hydrogen (secondary N) is 1. The molecular formula is C15H25N3. The Hall–Kier alpha value is -1.12. The lowest BCUT2D eigenvalue weighted by molar-refractivity contribution is 0.278. The van der Waals surface area contributed by atoms with E-state index in [1.807, 2.05) is 19.9 Å². The molecule has 0 unspecified atom stereocenters. The van der Waals surface area contributed by atoms with Gasteiger partial charge in [0, 0.05) is 17.9 Å². The Balaban J connectivity index is 1.81. The lowest BCUT2D eigenvalue weighted by Gasteiger charge is -2.27. The maximum atomic E-state index is 4.43. The Bertz CT molecular complexity index is 361. The molecule has 1 aromatic rings. The molecule has 0 aliphatic heterocycles. The van der Waals surface area contributed by atoms with Gasteiger partial charge in [0.2, 0.25) is 5.95 Å². The number of aromatic nitrogens is 2. The van der Waals surface area contributed by atoms with Gasteiger partial charge in [-0.2, -0.15) is 0 Å². The molecule has 1 aliphatic carbocycles. The SMILES string of the molecule is CCC1CCC(CNc2nc(C)cc(C)n2)CC1. The molecule has 1 heterocycles. The summed E-state index contributed by atoms with van der Waals surface area (Å²) in [4.78, 5) is 8.85. The zero-order valence-electron chi connectivity index (χ0n) is 11.9. The average molecular weight is 247 g/mol. The number of anilines is 1. The Kier molecular flexibility index (Phi) is 4.56. The lowest BCUT2D eigenvalue weighted by Crippen LogP contribution is -2.21. The van der Waals surface area contributed by atoms with Gasteiger partial charge in [-0.05, 0) is 44.6 Å². The van der Waals surface area contributed by atoms with E-state index in [9.17, 15) is 0 Å². The third-order valence-electron chi connectivity index (χ3n) is 4.07. The largest absolute Gasteiger partial charge is 0.354 e. The minimum absolute atomic E-state index is 0.796. The van der Waals surface area contributed by atoms with Crippen molar-refractivity contribution < 1.29 is 0 Å². The van der Waals surface area contributed by atoms with E-state index >= 15 is 0 Å². The van der Waals surface area contributed by atoms with Crippen LogP contribution in [0.1, 0.15) is 50.4 Å². The molecule has 18 heavy (non-hydrogen) atoms. The molecule has 1 fully saturated rings. The van der Waals surface area contributed by atoms with Crippen LogP contribution < -0.4 is 5.32 Å². The highest BCUT2D eigenvalue weighted by molar-refractivity contribution is 5.27. The summed E-state index contributed by atoms with van der Waals surface area (Å²) in [6.45, 7) is 7.38. The summed E-state index contributed by atoms with van der Waals surface area (Å²) in [7, 11) is 0. The fourth-order valence-corrected chi connectivity index (χ4v) is 2.88. The molecule has 1 saturated carbocycles. The van der Waals surface area contributed by atoms with Crippen molar-refractivity contribution in [2.45, 2.75) is 52.9 Å². The second-order valence-corrected chi connectivity index (χ2v) is 5.65. The van der Waals surface area contributed by atoms with Crippen molar-refractivity contribution in [3.05, 3.63) is 17.5 Å². The highest BCUT2D eigenvalue weighted by Crippen LogP contribution is 2.30. The maximum absolute atomic E-state index is 4.43. The van der Waals surface area contributed by atoms with Crippen LogP contribution >= 0.6 is 0 Å². The van der Waals surface area contributed by atoms with Crippen LogP contribution in [0.2, 0.25) is 0 Å².